The number of hydrogen-bond donors (Lipinski definition) is 0. The highest BCUT2D eigenvalue weighted by Crippen LogP contribution is 2.28. The summed E-state index contributed by atoms with van der Waals surface area (Å²) in [5, 5.41) is 7.42. The zero-order valence-corrected chi connectivity index (χ0v) is 17.6. The number of ether oxygens (including phenoxy) is 1. The summed E-state index contributed by atoms with van der Waals surface area (Å²) in [4.78, 5) is 21.6. The van der Waals surface area contributed by atoms with E-state index in [1.54, 1.807) is 12.1 Å². The Balaban J connectivity index is 1.42. The third-order valence-corrected chi connectivity index (χ3v) is 5.67. The van der Waals surface area contributed by atoms with E-state index in [0.717, 1.165) is 21.5 Å². The van der Waals surface area contributed by atoms with E-state index >= 15 is 0 Å². The number of para-hydroxylation sites is 1. The van der Waals surface area contributed by atoms with Crippen LogP contribution in [0.15, 0.2) is 67.6 Å². The number of aromatic nitrogens is 3. The summed E-state index contributed by atoms with van der Waals surface area (Å²) in [5.41, 5.74) is 2.93. The Bertz CT molecular complexity index is 1450. The van der Waals surface area contributed by atoms with Gasteiger partial charge in [-0.25, -0.2) is 9.78 Å². The first kappa shape index (κ1) is 19.2. The van der Waals surface area contributed by atoms with Crippen LogP contribution in [-0.4, -0.2) is 22.2 Å². The van der Waals surface area contributed by atoms with Gasteiger partial charge in [-0.05, 0) is 25.1 Å². The van der Waals surface area contributed by atoms with Gasteiger partial charge in [0, 0.05) is 16.3 Å². The van der Waals surface area contributed by atoms with E-state index < -0.39 is 5.63 Å². The molecule has 0 unspecified atom stereocenters. The molecule has 0 N–H and O–H groups in total. The highest BCUT2D eigenvalue weighted by Gasteiger charge is 2.16. The van der Waals surface area contributed by atoms with Gasteiger partial charge in [-0.2, -0.15) is 4.98 Å². The van der Waals surface area contributed by atoms with Gasteiger partial charge in [0.1, 0.15) is 5.01 Å². The number of hydrogen-bond acceptors (Lipinski definition) is 8. The second kappa shape index (κ2) is 7.81. The SMILES string of the molecule is COc1cccc2cc(-c3csc(Cc4nc(-c5cccc(C)c5)no4)n3)c(=O)oc12. The average molecular weight is 431 g/mol. The molecule has 0 aliphatic rings. The fraction of sp³-hybridized carbons (Fsp3) is 0.130. The van der Waals surface area contributed by atoms with E-state index in [1.807, 2.05) is 48.7 Å². The summed E-state index contributed by atoms with van der Waals surface area (Å²) in [5.74, 6) is 1.52. The number of nitrogens with zero attached hydrogens (tertiary/aromatic N) is 3. The molecule has 0 atom stereocenters. The molecule has 0 amide bonds. The van der Waals surface area contributed by atoms with Gasteiger partial charge < -0.3 is 13.7 Å². The third kappa shape index (κ3) is 3.73. The Hall–Kier alpha value is -3.78. The van der Waals surface area contributed by atoms with Crippen LogP contribution in [0.25, 0.3) is 33.6 Å². The molecule has 3 heterocycles. The predicted molar refractivity (Wildman–Crippen MR) is 117 cm³/mol. The standard InChI is InChI=1S/C23H17N3O4S/c1-13-5-3-7-15(9-13)22-25-19(30-26-22)11-20-24-17(12-31-20)16-10-14-6-4-8-18(28-2)21(14)29-23(16)27/h3-10,12H,11H2,1-2H3. The number of aryl methyl sites for hydroxylation is 1. The van der Waals surface area contributed by atoms with Gasteiger partial charge in [-0.3, -0.25) is 0 Å². The Morgan fingerprint density at radius 3 is 2.81 bits per heavy atom. The largest absolute Gasteiger partial charge is 0.493 e. The van der Waals surface area contributed by atoms with Gasteiger partial charge in [0.2, 0.25) is 11.7 Å². The molecule has 7 nitrogen and oxygen atoms in total. The Kier molecular flexibility index (Phi) is 4.83. The first-order chi connectivity index (χ1) is 15.1. The topological polar surface area (TPSA) is 91.3 Å². The molecule has 3 aromatic heterocycles. The fourth-order valence-corrected chi connectivity index (χ4v) is 4.12. The molecule has 5 aromatic rings. The van der Waals surface area contributed by atoms with Crippen molar-refractivity contribution in [1.82, 2.24) is 15.1 Å². The van der Waals surface area contributed by atoms with Crippen molar-refractivity contribution in [1.29, 1.82) is 0 Å². The number of fused-ring (bicyclic) bond motifs is 1. The summed E-state index contributed by atoms with van der Waals surface area (Å²) in [6.07, 6.45) is 0.385. The van der Waals surface area contributed by atoms with Crippen LogP contribution in [0.4, 0.5) is 0 Å². The minimum atomic E-state index is -0.464. The van der Waals surface area contributed by atoms with Gasteiger partial charge in [-0.1, -0.05) is 41.1 Å². The van der Waals surface area contributed by atoms with E-state index in [-0.39, 0.29) is 0 Å². The van der Waals surface area contributed by atoms with Crippen molar-refractivity contribution in [3.05, 3.63) is 80.8 Å². The van der Waals surface area contributed by atoms with Crippen LogP contribution in [-0.2, 0) is 6.42 Å². The molecule has 5 rings (SSSR count). The van der Waals surface area contributed by atoms with E-state index in [4.69, 9.17) is 13.7 Å². The predicted octanol–water partition coefficient (Wildman–Crippen LogP) is 4.87. The van der Waals surface area contributed by atoms with Crippen LogP contribution in [0.2, 0.25) is 0 Å². The molecular weight excluding hydrogens is 414 g/mol. The Labute approximate surface area is 181 Å². The average Bonchev–Trinajstić information content (AvgIpc) is 3.43. The lowest BCUT2D eigenvalue weighted by atomic mass is 10.1. The summed E-state index contributed by atoms with van der Waals surface area (Å²) < 4.78 is 16.2. The van der Waals surface area contributed by atoms with E-state index in [1.165, 1.54) is 18.4 Å². The maximum atomic E-state index is 12.6. The maximum absolute atomic E-state index is 12.6. The summed E-state index contributed by atoms with van der Waals surface area (Å²) in [6.45, 7) is 2.01. The lowest BCUT2D eigenvalue weighted by Crippen LogP contribution is -2.03. The zero-order chi connectivity index (χ0) is 21.4. The molecule has 0 saturated heterocycles. The lowest BCUT2D eigenvalue weighted by molar-refractivity contribution is 0.385. The van der Waals surface area contributed by atoms with Crippen LogP contribution in [0.3, 0.4) is 0 Å². The minimum absolute atomic E-state index is 0.385. The zero-order valence-electron chi connectivity index (χ0n) is 16.8. The van der Waals surface area contributed by atoms with Crippen molar-refractivity contribution in [2.24, 2.45) is 0 Å². The van der Waals surface area contributed by atoms with E-state index in [0.29, 0.717) is 40.7 Å². The highest BCUT2D eigenvalue weighted by atomic mass is 32.1. The fourth-order valence-electron chi connectivity index (χ4n) is 3.33. The van der Waals surface area contributed by atoms with Crippen molar-refractivity contribution in [3.8, 4) is 28.4 Å². The van der Waals surface area contributed by atoms with Crippen LogP contribution < -0.4 is 10.4 Å². The highest BCUT2D eigenvalue weighted by molar-refractivity contribution is 7.10. The molecule has 0 radical (unpaired) electrons. The van der Waals surface area contributed by atoms with Gasteiger partial charge >= 0.3 is 5.63 Å². The molecule has 0 fully saturated rings. The van der Waals surface area contributed by atoms with Gasteiger partial charge in [0.25, 0.3) is 0 Å². The monoisotopic (exact) mass is 431 g/mol. The molecule has 31 heavy (non-hydrogen) atoms. The normalized spacial score (nSPS) is 11.2. The van der Waals surface area contributed by atoms with Crippen LogP contribution in [0.5, 0.6) is 5.75 Å². The maximum Gasteiger partial charge on any atom is 0.345 e. The summed E-state index contributed by atoms with van der Waals surface area (Å²) >= 11 is 1.42. The lowest BCUT2D eigenvalue weighted by Gasteiger charge is -2.04. The number of thiazole rings is 1. The van der Waals surface area contributed by atoms with Crippen molar-refractivity contribution in [3.63, 3.8) is 0 Å². The molecule has 0 bridgehead atoms. The van der Waals surface area contributed by atoms with E-state index in [9.17, 15) is 4.79 Å². The minimum Gasteiger partial charge on any atom is -0.493 e. The quantitative estimate of drug-likeness (QED) is 0.367. The van der Waals surface area contributed by atoms with E-state index in [2.05, 4.69) is 15.1 Å². The molecule has 8 heteroatoms. The Morgan fingerprint density at radius 2 is 1.97 bits per heavy atom. The van der Waals surface area contributed by atoms with Gasteiger partial charge in [0.15, 0.2) is 11.3 Å². The smallest absolute Gasteiger partial charge is 0.345 e. The first-order valence-electron chi connectivity index (χ1n) is 9.56. The van der Waals surface area contributed by atoms with Crippen molar-refractivity contribution < 1.29 is 13.7 Å². The number of benzene rings is 2. The number of rotatable bonds is 5. The van der Waals surface area contributed by atoms with Gasteiger partial charge in [-0.15, -0.1) is 11.3 Å². The van der Waals surface area contributed by atoms with Crippen molar-refractivity contribution in [2.75, 3.05) is 7.11 Å². The summed E-state index contributed by atoms with van der Waals surface area (Å²) in [7, 11) is 1.54. The molecule has 0 spiro atoms. The molecule has 0 aliphatic heterocycles. The summed E-state index contributed by atoms with van der Waals surface area (Å²) in [6, 6.07) is 15.1. The molecular formula is C23H17N3O4S. The Morgan fingerprint density at radius 1 is 1.10 bits per heavy atom. The first-order valence-corrected chi connectivity index (χ1v) is 10.4. The molecule has 0 aliphatic carbocycles. The van der Waals surface area contributed by atoms with Crippen molar-refractivity contribution in [2.45, 2.75) is 13.3 Å². The molecule has 0 saturated carbocycles. The molecule has 154 valence electrons. The molecule has 2 aromatic carbocycles. The van der Waals surface area contributed by atoms with Crippen LogP contribution in [0, 0.1) is 6.92 Å². The van der Waals surface area contributed by atoms with Crippen LogP contribution in [0.1, 0.15) is 16.5 Å². The second-order valence-electron chi connectivity index (χ2n) is 7.01. The second-order valence-corrected chi connectivity index (χ2v) is 7.95. The van der Waals surface area contributed by atoms with Crippen molar-refractivity contribution >= 4 is 22.3 Å². The van der Waals surface area contributed by atoms with Gasteiger partial charge in [0.05, 0.1) is 24.8 Å². The third-order valence-electron chi connectivity index (χ3n) is 4.82. The van der Waals surface area contributed by atoms with Crippen LogP contribution >= 0.6 is 11.3 Å². The number of methoxy groups -OCH3 is 1.